The van der Waals surface area contributed by atoms with Crippen LogP contribution in [0, 0.1) is 17.2 Å². The maximum Gasteiger partial charge on any atom is 0.303 e. The van der Waals surface area contributed by atoms with Gasteiger partial charge in [0, 0.05) is 26.4 Å². The first-order valence-corrected chi connectivity index (χ1v) is 9.18. The van der Waals surface area contributed by atoms with Crippen molar-refractivity contribution < 1.29 is 14.6 Å². The van der Waals surface area contributed by atoms with E-state index in [-0.39, 0.29) is 23.6 Å². The molecule has 0 aliphatic carbocycles. The van der Waals surface area contributed by atoms with Gasteiger partial charge >= 0.3 is 5.97 Å². The molecule has 2 unspecified atom stereocenters. The van der Waals surface area contributed by atoms with Gasteiger partial charge in [0.25, 0.3) is 0 Å². The van der Waals surface area contributed by atoms with Gasteiger partial charge in [-0.25, -0.2) is 0 Å². The summed E-state index contributed by atoms with van der Waals surface area (Å²) in [6.07, 6.45) is 1.99. The zero-order valence-corrected chi connectivity index (χ0v) is 16.8. The Hall–Kier alpha value is -1.90. The van der Waals surface area contributed by atoms with Crippen LogP contribution in [0.5, 0.6) is 0 Å². The molecule has 0 saturated heterocycles. The SMILES string of the molecule is CC(=O)OC(C)(C)C.CCC(Cc1ccccc1)C(O)CNCCC#N. The number of nitrogens with one attached hydrogen (secondary N) is 1. The fraction of sp³-hybridized carbons (Fsp3) is 0.619. The van der Waals surface area contributed by atoms with Crippen LogP contribution >= 0.6 is 0 Å². The van der Waals surface area contributed by atoms with Crippen LogP contribution in [0.1, 0.15) is 53.0 Å². The number of carbonyl (C=O) groups is 1. The molecule has 0 spiro atoms. The average molecular weight is 363 g/mol. The van der Waals surface area contributed by atoms with Crippen LogP contribution in [0.2, 0.25) is 0 Å². The van der Waals surface area contributed by atoms with Crippen LogP contribution in [-0.4, -0.2) is 35.9 Å². The van der Waals surface area contributed by atoms with Gasteiger partial charge in [-0.2, -0.15) is 5.26 Å². The summed E-state index contributed by atoms with van der Waals surface area (Å²) in [4.78, 5) is 10.2. The molecule has 1 aromatic rings. The highest BCUT2D eigenvalue weighted by atomic mass is 16.6. The highest BCUT2D eigenvalue weighted by Crippen LogP contribution is 2.15. The first-order chi connectivity index (χ1) is 12.2. The van der Waals surface area contributed by atoms with Gasteiger partial charge in [0.15, 0.2) is 0 Å². The summed E-state index contributed by atoms with van der Waals surface area (Å²) >= 11 is 0. The first-order valence-electron chi connectivity index (χ1n) is 9.18. The van der Waals surface area contributed by atoms with Crippen LogP contribution in [-0.2, 0) is 16.0 Å². The van der Waals surface area contributed by atoms with E-state index in [4.69, 9.17) is 10.00 Å². The lowest BCUT2D eigenvalue weighted by atomic mass is 9.91. The number of esters is 1. The average Bonchev–Trinajstić information content (AvgIpc) is 2.55. The lowest BCUT2D eigenvalue weighted by molar-refractivity contribution is -0.151. The van der Waals surface area contributed by atoms with E-state index in [1.807, 2.05) is 39.0 Å². The molecular formula is C21H34N2O3. The largest absolute Gasteiger partial charge is 0.460 e. The number of nitriles is 1. The maximum absolute atomic E-state index is 10.2. The molecule has 0 saturated carbocycles. The number of nitrogens with zero attached hydrogens (tertiary/aromatic N) is 1. The predicted octanol–water partition coefficient (Wildman–Crippen LogP) is 3.47. The van der Waals surface area contributed by atoms with Crippen molar-refractivity contribution in [1.82, 2.24) is 5.32 Å². The zero-order valence-electron chi connectivity index (χ0n) is 16.8. The smallest absolute Gasteiger partial charge is 0.303 e. The lowest BCUT2D eigenvalue weighted by Crippen LogP contribution is -2.34. The summed E-state index contributed by atoms with van der Waals surface area (Å²) in [7, 11) is 0. The summed E-state index contributed by atoms with van der Waals surface area (Å²) < 4.78 is 4.80. The van der Waals surface area contributed by atoms with Crippen molar-refractivity contribution in [3.05, 3.63) is 35.9 Å². The second kappa shape index (κ2) is 13.3. The minimum atomic E-state index is -0.353. The van der Waals surface area contributed by atoms with E-state index in [0.29, 0.717) is 19.5 Å². The monoisotopic (exact) mass is 362 g/mol. The van der Waals surface area contributed by atoms with Crippen molar-refractivity contribution in [1.29, 1.82) is 5.26 Å². The molecule has 1 aromatic carbocycles. The molecule has 5 heteroatoms. The van der Waals surface area contributed by atoms with Gasteiger partial charge in [-0.1, -0.05) is 43.7 Å². The summed E-state index contributed by atoms with van der Waals surface area (Å²) in [5, 5.41) is 21.7. The Morgan fingerprint density at radius 3 is 2.35 bits per heavy atom. The molecular weight excluding hydrogens is 328 g/mol. The Morgan fingerprint density at radius 2 is 1.92 bits per heavy atom. The second-order valence-corrected chi connectivity index (χ2v) is 7.24. The van der Waals surface area contributed by atoms with Gasteiger partial charge < -0.3 is 15.2 Å². The molecule has 0 heterocycles. The van der Waals surface area contributed by atoms with Crippen molar-refractivity contribution in [3.63, 3.8) is 0 Å². The molecule has 26 heavy (non-hydrogen) atoms. The van der Waals surface area contributed by atoms with Crippen molar-refractivity contribution in [2.24, 2.45) is 5.92 Å². The summed E-state index contributed by atoms with van der Waals surface area (Å²) in [5.41, 5.74) is 0.937. The van der Waals surface area contributed by atoms with Crippen molar-refractivity contribution in [2.45, 2.75) is 65.6 Å². The number of rotatable bonds is 8. The van der Waals surface area contributed by atoms with E-state index in [2.05, 4.69) is 30.4 Å². The van der Waals surface area contributed by atoms with E-state index in [1.165, 1.54) is 12.5 Å². The number of aliphatic hydroxyl groups excluding tert-OH is 1. The molecule has 0 radical (unpaired) electrons. The normalized spacial score (nSPS) is 13.0. The molecule has 0 bridgehead atoms. The lowest BCUT2D eigenvalue weighted by Gasteiger charge is -2.22. The number of hydrogen-bond acceptors (Lipinski definition) is 5. The third kappa shape index (κ3) is 13.4. The standard InChI is InChI=1S/C15H22N2O.C6H12O2/c1-2-14(11-13-7-4-3-5-8-13)15(18)12-17-10-6-9-16;1-5(7)8-6(2,3)4/h3-5,7-8,14-15,17-18H,2,6,10-12H2,1H3;1-4H3. The summed E-state index contributed by atoms with van der Waals surface area (Å²) in [6, 6.07) is 12.3. The van der Waals surface area contributed by atoms with Crippen LogP contribution in [0.3, 0.4) is 0 Å². The van der Waals surface area contributed by atoms with Gasteiger partial charge in [0.2, 0.25) is 0 Å². The van der Waals surface area contributed by atoms with Crippen molar-refractivity contribution in [2.75, 3.05) is 13.1 Å². The number of ether oxygens (including phenoxy) is 1. The number of hydrogen-bond donors (Lipinski definition) is 2. The van der Waals surface area contributed by atoms with E-state index in [0.717, 1.165) is 12.8 Å². The van der Waals surface area contributed by atoms with Crippen LogP contribution in [0.15, 0.2) is 30.3 Å². The minimum absolute atomic E-state index is 0.225. The molecule has 1 rings (SSSR count). The molecule has 146 valence electrons. The summed E-state index contributed by atoms with van der Waals surface area (Å²) in [6.45, 7) is 10.2. The highest BCUT2D eigenvalue weighted by molar-refractivity contribution is 5.66. The van der Waals surface area contributed by atoms with Crippen molar-refractivity contribution in [3.8, 4) is 6.07 Å². The molecule has 0 fully saturated rings. The van der Waals surface area contributed by atoms with E-state index < -0.39 is 0 Å². The Morgan fingerprint density at radius 1 is 1.31 bits per heavy atom. The Kier molecular flexibility index (Phi) is 12.3. The Bertz CT molecular complexity index is 532. The second-order valence-electron chi connectivity index (χ2n) is 7.24. The Balaban J connectivity index is 0.000000660. The molecule has 5 nitrogen and oxygen atoms in total. The Labute approximate surface area is 158 Å². The molecule has 0 aliphatic heterocycles. The van der Waals surface area contributed by atoms with Gasteiger partial charge in [0.05, 0.1) is 12.2 Å². The number of carbonyl (C=O) groups excluding carboxylic acids is 1. The van der Waals surface area contributed by atoms with E-state index in [1.54, 1.807) is 0 Å². The molecule has 0 aliphatic rings. The fourth-order valence-electron chi connectivity index (χ4n) is 2.46. The minimum Gasteiger partial charge on any atom is -0.460 e. The van der Waals surface area contributed by atoms with Crippen LogP contribution in [0.4, 0.5) is 0 Å². The zero-order chi connectivity index (χ0) is 20.0. The molecule has 2 atom stereocenters. The number of aliphatic hydroxyl groups is 1. The first kappa shape index (κ1) is 24.1. The van der Waals surface area contributed by atoms with Gasteiger partial charge in [0.1, 0.15) is 5.60 Å². The van der Waals surface area contributed by atoms with Gasteiger partial charge in [-0.3, -0.25) is 4.79 Å². The van der Waals surface area contributed by atoms with Gasteiger partial charge in [-0.05, 0) is 38.7 Å². The topological polar surface area (TPSA) is 82.3 Å². The van der Waals surface area contributed by atoms with E-state index in [9.17, 15) is 9.90 Å². The molecule has 0 aromatic heterocycles. The summed E-state index contributed by atoms with van der Waals surface area (Å²) in [5.74, 6) is 0.0412. The van der Waals surface area contributed by atoms with Crippen LogP contribution in [0.25, 0.3) is 0 Å². The maximum atomic E-state index is 10.2. The molecule has 2 N–H and O–H groups in total. The quantitative estimate of drug-likeness (QED) is 0.546. The third-order valence-electron chi connectivity index (χ3n) is 3.63. The number of benzene rings is 1. The van der Waals surface area contributed by atoms with E-state index >= 15 is 0 Å². The molecule has 0 amide bonds. The predicted molar refractivity (Wildman–Crippen MR) is 105 cm³/mol. The third-order valence-corrected chi connectivity index (χ3v) is 3.63. The van der Waals surface area contributed by atoms with Gasteiger partial charge in [-0.15, -0.1) is 0 Å². The van der Waals surface area contributed by atoms with Crippen LogP contribution < -0.4 is 5.32 Å². The van der Waals surface area contributed by atoms with Crippen molar-refractivity contribution >= 4 is 5.97 Å². The highest BCUT2D eigenvalue weighted by Gasteiger charge is 2.17. The fourth-order valence-corrected chi connectivity index (χ4v) is 2.46.